The van der Waals surface area contributed by atoms with Gasteiger partial charge in [0.2, 0.25) is 10.0 Å². The number of quaternary nitrogens is 1. The molecule has 39 heavy (non-hydrogen) atoms. The highest BCUT2D eigenvalue weighted by Crippen LogP contribution is 2.27. The van der Waals surface area contributed by atoms with E-state index < -0.39 is 10.0 Å². The van der Waals surface area contributed by atoms with E-state index in [-0.39, 0.29) is 17.0 Å². The summed E-state index contributed by atoms with van der Waals surface area (Å²) in [4.78, 5) is 0.457. The minimum atomic E-state index is -3.65. The second-order valence-corrected chi connectivity index (χ2v) is 14.0. The summed E-state index contributed by atoms with van der Waals surface area (Å²) in [6.45, 7) is 17.1. The predicted octanol–water partition coefficient (Wildman–Crippen LogP) is 4.10. The Kier molecular flexibility index (Phi) is 11.6. The van der Waals surface area contributed by atoms with Crippen molar-refractivity contribution in [3.05, 3.63) is 98.6 Å². The molecule has 0 radical (unpaired) electrons. The average molecular weight is 616 g/mol. The van der Waals surface area contributed by atoms with Gasteiger partial charge in [-0.05, 0) is 78.0 Å². The Bertz CT molecular complexity index is 1330. The summed E-state index contributed by atoms with van der Waals surface area (Å²) >= 11 is 0. The Balaban J connectivity index is 0.00000533. The van der Waals surface area contributed by atoms with Crippen molar-refractivity contribution in [3.8, 4) is 0 Å². The summed E-state index contributed by atoms with van der Waals surface area (Å²) in [5.41, 5.74) is 10.0. The predicted molar refractivity (Wildman–Crippen MR) is 160 cm³/mol. The Morgan fingerprint density at radius 2 is 1.08 bits per heavy atom. The molecular weight excluding hydrogens is 568 g/mol. The van der Waals surface area contributed by atoms with Crippen LogP contribution in [0.3, 0.4) is 0 Å². The molecule has 0 bridgehead atoms. The van der Waals surface area contributed by atoms with Crippen LogP contribution < -0.4 is 17.0 Å². The number of unbranched alkanes of at least 4 members (excludes halogenated alkanes) is 1. The maximum atomic E-state index is 14.1. The smallest absolute Gasteiger partial charge is 0.243 e. The second kappa shape index (κ2) is 13.6. The third-order valence-corrected chi connectivity index (χ3v) is 9.31. The van der Waals surface area contributed by atoms with Crippen LogP contribution in [0.15, 0.2) is 53.4 Å². The maximum absolute atomic E-state index is 14.1. The largest absolute Gasteiger partial charge is 1.00 e. The van der Waals surface area contributed by atoms with Crippen LogP contribution in [0.1, 0.15) is 62.9 Å². The monoisotopic (exact) mass is 614 g/mol. The van der Waals surface area contributed by atoms with Gasteiger partial charge < -0.3 is 21.5 Å². The number of hydrogen-bond donors (Lipinski definition) is 0. The average Bonchev–Trinajstić information content (AvgIpc) is 2.73. The maximum Gasteiger partial charge on any atom is 0.243 e. The van der Waals surface area contributed by atoms with Crippen LogP contribution in [-0.2, 0) is 23.1 Å². The van der Waals surface area contributed by atoms with Gasteiger partial charge in [0, 0.05) is 18.7 Å². The zero-order valence-electron chi connectivity index (χ0n) is 25.4. The minimum absolute atomic E-state index is 0. The van der Waals surface area contributed by atoms with E-state index in [1.165, 1.54) is 16.7 Å². The van der Waals surface area contributed by atoms with Gasteiger partial charge in [0.25, 0.3) is 0 Å². The molecule has 3 aromatic carbocycles. The van der Waals surface area contributed by atoms with E-state index in [2.05, 4.69) is 78.2 Å². The highest BCUT2D eigenvalue weighted by atomic mass is 79.9. The van der Waals surface area contributed by atoms with Crippen molar-refractivity contribution < 1.29 is 29.9 Å². The van der Waals surface area contributed by atoms with Gasteiger partial charge in [-0.15, -0.1) is 0 Å². The molecule has 0 aliphatic carbocycles. The first-order valence-corrected chi connectivity index (χ1v) is 15.1. The Morgan fingerprint density at radius 3 is 1.56 bits per heavy atom. The van der Waals surface area contributed by atoms with Crippen molar-refractivity contribution in [2.24, 2.45) is 0 Å². The summed E-state index contributed by atoms with van der Waals surface area (Å²) in [7, 11) is 0.880. The summed E-state index contributed by atoms with van der Waals surface area (Å²) in [5, 5.41) is 0. The lowest BCUT2D eigenvalue weighted by Gasteiger charge is -2.31. The number of halogens is 1. The van der Waals surface area contributed by atoms with E-state index in [4.69, 9.17) is 0 Å². The molecular formula is C33H47BrN2O2S. The van der Waals surface area contributed by atoms with Crippen LogP contribution in [-0.4, -0.2) is 44.4 Å². The van der Waals surface area contributed by atoms with Crippen LogP contribution in [0.2, 0.25) is 0 Å². The summed E-state index contributed by atoms with van der Waals surface area (Å²) in [6, 6.07) is 17.1. The van der Waals surface area contributed by atoms with Crippen LogP contribution in [0.5, 0.6) is 0 Å². The third-order valence-electron chi connectivity index (χ3n) is 7.16. The molecule has 3 aromatic rings. The van der Waals surface area contributed by atoms with Crippen LogP contribution >= 0.6 is 0 Å². The number of hydrogen-bond acceptors (Lipinski definition) is 2. The number of aryl methyl sites for hydroxylation is 7. The molecule has 0 aliphatic rings. The number of nitrogens with zero attached hydrogens (tertiary/aromatic N) is 2. The van der Waals surface area contributed by atoms with Gasteiger partial charge in [0.05, 0.1) is 25.5 Å². The molecule has 0 saturated heterocycles. The number of sulfonamides is 1. The fourth-order valence-corrected chi connectivity index (χ4v) is 7.79. The van der Waals surface area contributed by atoms with Gasteiger partial charge in [-0.25, -0.2) is 8.42 Å². The van der Waals surface area contributed by atoms with E-state index in [1.807, 2.05) is 32.9 Å². The van der Waals surface area contributed by atoms with Crippen LogP contribution in [0.4, 0.5) is 0 Å². The lowest BCUT2D eigenvalue weighted by Crippen LogP contribution is -3.00. The van der Waals surface area contributed by atoms with Crippen molar-refractivity contribution in [2.75, 3.05) is 27.2 Å². The first-order chi connectivity index (χ1) is 17.7. The summed E-state index contributed by atoms with van der Waals surface area (Å²) in [5.74, 6) is 0. The fraction of sp³-hybridized carbons (Fsp3) is 0.455. The first kappa shape index (κ1) is 33.2. The Labute approximate surface area is 248 Å². The minimum Gasteiger partial charge on any atom is -1.00 e. The van der Waals surface area contributed by atoms with Crippen LogP contribution in [0.25, 0.3) is 0 Å². The Hall–Kier alpha value is -1.99. The molecule has 0 heterocycles. The molecule has 0 spiro atoms. The quantitative estimate of drug-likeness (QED) is 0.241. The van der Waals surface area contributed by atoms with Gasteiger partial charge >= 0.3 is 0 Å². The Morgan fingerprint density at radius 1 is 0.641 bits per heavy atom. The van der Waals surface area contributed by atoms with E-state index in [0.717, 1.165) is 63.8 Å². The normalized spacial score (nSPS) is 12.1. The van der Waals surface area contributed by atoms with E-state index in [9.17, 15) is 8.42 Å². The van der Waals surface area contributed by atoms with E-state index in [0.29, 0.717) is 18.0 Å². The first-order valence-electron chi connectivity index (χ1n) is 13.7. The highest BCUT2D eigenvalue weighted by Gasteiger charge is 2.28. The van der Waals surface area contributed by atoms with Gasteiger partial charge in [-0.3, -0.25) is 0 Å². The van der Waals surface area contributed by atoms with Crippen molar-refractivity contribution in [1.82, 2.24) is 4.31 Å². The van der Waals surface area contributed by atoms with Crippen molar-refractivity contribution >= 4 is 10.0 Å². The van der Waals surface area contributed by atoms with Gasteiger partial charge in [0.1, 0.15) is 6.54 Å². The molecule has 3 rings (SSSR count). The molecule has 6 heteroatoms. The van der Waals surface area contributed by atoms with E-state index in [1.54, 1.807) is 4.31 Å². The zero-order chi connectivity index (χ0) is 28.3. The molecule has 0 aromatic heterocycles. The molecule has 0 amide bonds. The summed E-state index contributed by atoms with van der Waals surface area (Å²) in [6.07, 6.45) is 1.78. The van der Waals surface area contributed by atoms with Gasteiger partial charge in [-0.2, -0.15) is 4.31 Å². The fourth-order valence-electron chi connectivity index (χ4n) is 5.91. The van der Waals surface area contributed by atoms with Gasteiger partial charge in [-0.1, -0.05) is 76.3 Å². The molecule has 0 atom stereocenters. The number of benzene rings is 3. The topological polar surface area (TPSA) is 37.4 Å². The van der Waals surface area contributed by atoms with Crippen molar-refractivity contribution in [1.29, 1.82) is 0 Å². The lowest BCUT2D eigenvalue weighted by atomic mass is 10.1. The summed E-state index contributed by atoms with van der Waals surface area (Å²) < 4.78 is 30.7. The van der Waals surface area contributed by atoms with Crippen LogP contribution in [0, 0.1) is 48.5 Å². The molecule has 0 unspecified atom stereocenters. The number of rotatable bonds is 11. The van der Waals surface area contributed by atoms with Crippen molar-refractivity contribution in [2.45, 2.75) is 79.3 Å². The molecule has 0 fully saturated rings. The molecule has 0 saturated carbocycles. The molecule has 0 N–H and O–H groups in total. The highest BCUT2D eigenvalue weighted by molar-refractivity contribution is 7.89. The molecule has 214 valence electrons. The van der Waals surface area contributed by atoms with Crippen molar-refractivity contribution in [3.63, 3.8) is 0 Å². The van der Waals surface area contributed by atoms with Gasteiger partial charge in [0.15, 0.2) is 0 Å². The van der Waals surface area contributed by atoms with E-state index >= 15 is 0 Å². The SMILES string of the molecule is Cc1cc(C)cc(CN(CCCC[N+](C)(C)Cc2cc(C)cc(C)c2)S(=O)(=O)c2c(C)cc(C)cc2C)c1.[Br-]. The lowest BCUT2D eigenvalue weighted by molar-refractivity contribution is -0.903. The standard InChI is InChI=1S/C33H47N2O2S.BrH/c1-24-14-25(2)19-31(18-24)22-34(38(36,37)33-29(6)16-28(5)17-30(33)7)12-10-11-13-35(8,9)23-32-20-26(3)15-27(4)21-32;/h14-21H,10-13,22-23H2,1-9H3;1H/q+1;/p-1. The zero-order valence-corrected chi connectivity index (χ0v) is 27.8. The molecule has 0 aliphatic heterocycles. The third kappa shape index (κ3) is 9.28. The molecule has 4 nitrogen and oxygen atoms in total. The second-order valence-electron chi connectivity index (χ2n) is 12.1.